The fraction of sp³-hybridized carbons (Fsp3) is 0.586. The molecule has 0 amide bonds. The summed E-state index contributed by atoms with van der Waals surface area (Å²) in [5.74, 6) is 3.02. The second-order valence-corrected chi connectivity index (χ2v) is 9.95. The molecule has 2 aliphatic rings. The van der Waals surface area contributed by atoms with Crippen molar-refractivity contribution in [2.45, 2.75) is 89.4 Å². The predicted octanol–water partition coefficient (Wildman–Crippen LogP) is 9.06. The van der Waals surface area contributed by atoms with Gasteiger partial charge in [0.05, 0.1) is 6.67 Å². The van der Waals surface area contributed by atoms with Gasteiger partial charge < -0.3 is 0 Å². The van der Waals surface area contributed by atoms with Crippen LogP contribution >= 0.6 is 0 Å². The maximum Gasteiger partial charge on any atom is 0.0897 e. The van der Waals surface area contributed by atoms with Gasteiger partial charge in [-0.2, -0.15) is 0 Å². The zero-order valence-electron chi connectivity index (χ0n) is 18.8. The molecule has 1 heteroatoms. The number of alkyl halides is 1. The average molecular weight is 407 g/mol. The predicted molar refractivity (Wildman–Crippen MR) is 127 cm³/mol. The fourth-order valence-corrected chi connectivity index (χ4v) is 6.03. The van der Waals surface area contributed by atoms with Crippen LogP contribution < -0.4 is 0 Å². The fourth-order valence-electron chi connectivity index (χ4n) is 6.03. The van der Waals surface area contributed by atoms with Gasteiger partial charge >= 0.3 is 0 Å². The Morgan fingerprint density at radius 2 is 1.00 bits per heavy atom. The molecule has 0 radical (unpaired) electrons. The Kier molecular flexibility index (Phi) is 7.63. The third-order valence-corrected chi connectivity index (χ3v) is 8.01. The van der Waals surface area contributed by atoms with Gasteiger partial charge in [0.25, 0.3) is 0 Å². The molecule has 0 heterocycles. The lowest BCUT2D eigenvalue weighted by Crippen LogP contribution is -2.13. The van der Waals surface area contributed by atoms with E-state index in [2.05, 4.69) is 55.5 Å². The smallest absolute Gasteiger partial charge is 0.0897 e. The van der Waals surface area contributed by atoms with Crippen molar-refractivity contribution in [3.63, 3.8) is 0 Å². The Morgan fingerprint density at radius 3 is 1.37 bits per heavy atom. The monoisotopic (exact) mass is 406 g/mol. The van der Waals surface area contributed by atoms with Crippen molar-refractivity contribution >= 4 is 0 Å². The molecule has 2 aliphatic carbocycles. The van der Waals surface area contributed by atoms with Crippen molar-refractivity contribution in [1.82, 2.24) is 0 Å². The highest BCUT2D eigenvalue weighted by Gasteiger charge is 2.23. The van der Waals surface area contributed by atoms with Crippen LogP contribution in [0.2, 0.25) is 0 Å². The van der Waals surface area contributed by atoms with E-state index in [0.29, 0.717) is 11.8 Å². The van der Waals surface area contributed by atoms with Crippen LogP contribution in [0.1, 0.15) is 101 Å². The van der Waals surface area contributed by atoms with Crippen LogP contribution in [0.5, 0.6) is 0 Å². The molecule has 4 rings (SSSR count). The topological polar surface area (TPSA) is 0 Å². The normalized spacial score (nSPS) is 27.1. The molecular weight excluding hydrogens is 367 g/mol. The Bertz CT molecular complexity index is 676. The first-order valence-electron chi connectivity index (χ1n) is 12.5. The Hall–Kier alpha value is -1.63. The van der Waals surface area contributed by atoms with E-state index in [1.54, 1.807) is 0 Å². The third kappa shape index (κ3) is 5.34. The summed E-state index contributed by atoms with van der Waals surface area (Å²) in [7, 11) is 0. The third-order valence-electron chi connectivity index (χ3n) is 8.01. The van der Waals surface area contributed by atoms with Gasteiger partial charge in [-0.05, 0) is 104 Å². The van der Waals surface area contributed by atoms with Gasteiger partial charge in [0.1, 0.15) is 0 Å². The van der Waals surface area contributed by atoms with Gasteiger partial charge in [-0.15, -0.1) is 0 Å². The van der Waals surface area contributed by atoms with Gasteiger partial charge in [0.15, 0.2) is 0 Å². The molecule has 162 valence electrons. The first kappa shape index (κ1) is 21.6. The van der Waals surface area contributed by atoms with Gasteiger partial charge in [0.2, 0.25) is 0 Å². The van der Waals surface area contributed by atoms with E-state index in [1.165, 1.54) is 86.5 Å². The SMILES string of the molecule is CCC[C@H]1CC[C@H](c2ccc(-c3ccc([C@H]4CC[C@H](CCF)CC4)cc3)cc2)CC1. The second kappa shape index (κ2) is 10.6. The minimum atomic E-state index is -0.150. The van der Waals surface area contributed by atoms with E-state index in [1.807, 2.05) is 0 Å². The number of hydrogen-bond donors (Lipinski definition) is 0. The number of hydrogen-bond acceptors (Lipinski definition) is 0. The van der Waals surface area contributed by atoms with Crippen LogP contribution in [-0.4, -0.2) is 6.67 Å². The van der Waals surface area contributed by atoms with Crippen molar-refractivity contribution < 1.29 is 4.39 Å². The van der Waals surface area contributed by atoms with E-state index in [0.717, 1.165) is 18.3 Å². The first-order valence-corrected chi connectivity index (χ1v) is 12.5. The molecule has 0 aliphatic heterocycles. The summed E-state index contributed by atoms with van der Waals surface area (Å²) in [4.78, 5) is 0. The van der Waals surface area contributed by atoms with E-state index in [4.69, 9.17) is 0 Å². The molecule has 0 N–H and O–H groups in total. The Labute approximate surface area is 183 Å². The van der Waals surface area contributed by atoms with E-state index in [9.17, 15) is 4.39 Å². The van der Waals surface area contributed by atoms with Crippen molar-refractivity contribution in [2.24, 2.45) is 11.8 Å². The minimum absolute atomic E-state index is 0.150. The molecule has 0 atom stereocenters. The van der Waals surface area contributed by atoms with E-state index < -0.39 is 0 Å². The van der Waals surface area contributed by atoms with Crippen molar-refractivity contribution in [1.29, 1.82) is 0 Å². The van der Waals surface area contributed by atoms with Gasteiger partial charge in [0, 0.05) is 0 Å². The largest absolute Gasteiger partial charge is 0.251 e. The molecule has 2 aromatic carbocycles. The minimum Gasteiger partial charge on any atom is -0.251 e. The number of halogens is 1. The maximum atomic E-state index is 12.6. The van der Waals surface area contributed by atoms with Crippen LogP contribution in [-0.2, 0) is 0 Å². The summed E-state index contributed by atoms with van der Waals surface area (Å²) in [5.41, 5.74) is 5.66. The molecule has 0 saturated heterocycles. The summed E-state index contributed by atoms with van der Waals surface area (Å²) in [6.07, 6.45) is 13.9. The molecule has 0 nitrogen and oxygen atoms in total. The highest BCUT2D eigenvalue weighted by molar-refractivity contribution is 5.64. The van der Waals surface area contributed by atoms with Crippen LogP contribution in [0.25, 0.3) is 11.1 Å². The molecule has 30 heavy (non-hydrogen) atoms. The second-order valence-electron chi connectivity index (χ2n) is 9.95. The van der Waals surface area contributed by atoms with Crippen LogP contribution in [0.3, 0.4) is 0 Å². The number of benzene rings is 2. The zero-order valence-corrected chi connectivity index (χ0v) is 18.8. The molecule has 2 aromatic rings. The molecular formula is C29H39F. The molecule has 0 bridgehead atoms. The summed E-state index contributed by atoms with van der Waals surface area (Å²) in [6.45, 7) is 2.17. The van der Waals surface area contributed by atoms with Crippen LogP contribution in [0.15, 0.2) is 48.5 Å². The Morgan fingerprint density at radius 1 is 0.600 bits per heavy atom. The standard InChI is InChI=1S/C29H39F/c1-2-3-22-4-8-24(9-5-22)26-12-16-28(17-13-26)29-18-14-27(15-19-29)25-10-6-23(7-11-25)20-21-30/h12-19,22-25H,2-11,20-21H2,1H3/t22-,23-,24-,25-. The maximum absolute atomic E-state index is 12.6. The first-order chi connectivity index (χ1) is 14.8. The summed E-state index contributed by atoms with van der Waals surface area (Å²) < 4.78 is 12.6. The quantitative estimate of drug-likeness (QED) is 0.430. The summed E-state index contributed by atoms with van der Waals surface area (Å²) in [5, 5.41) is 0. The number of rotatable bonds is 7. The molecule has 0 unspecified atom stereocenters. The highest BCUT2D eigenvalue weighted by atomic mass is 19.1. The van der Waals surface area contributed by atoms with Crippen LogP contribution in [0.4, 0.5) is 4.39 Å². The highest BCUT2D eigenvalue weighted by Crippen LogP contribution is 2.39. The average Bonchev–Trinajstić information content (AvgIpc) is 2.81. The van der Waals surface area contributed by atoms with Gasteiger partial charge in [-0.25, -0.2) is 0 Å². The van der Waals surface area contributed by atoms with Crippen molar-refractivity contribution in [3.8, 4) is 11.1 Å². The van der Waals surface area contributed by atoms with Crippen molar-refractivity contribution in [3.05, 3.63) is 59.7 Å². The summed E-state index contributed by atoms with van der Waals surface area (Å²) >= 11 is 0. The van der Waals surface area contributed by atoms with Gasteiger partial charge in [-0.3, -0.25) is 4.39 Å². The Balaban J connectivity index is 1.33. The molecule has 2 fully saturated rings. The lowest BCUT2D eigenvalue weighted by Gasteiger charge is -2.29. The lowest BCUT2D eigenvalue weighted by atomic mass is 9.77. The van der Waals surface area contributed by atoms with E-state index >= 15 is 0 Å². The van der Waals surface area contributed by atoms with Crippen molar-refractivity contribution in [2.75, 3.05) is 6.67 Å². The molecule has 0 aromatic heterocycles. The summed E-state index contributed by atoms with van der Waals surface area (Å²) in [6, 6.07) is 18.7. The van der Waals surface area contributed by atoms with Crippen LogP contribution in [0, 0.1) is 11.8 Å². The zero-order chi connectivity index (χ0) is 20.8. The lowest BCUT2D eigenvalue weighted by molar-refractivity contribution is 0.283. The van der Waals surface area contributed by atoms with E-state index in [-0.39, 0.29) is 6.67 Å². The molecule has 2 saturated carbocycles. The van der Waals surface area contributed by atoms with Gasteiger partial charge in [-0.1, -0.05) is 68.3 Å². The molecule has 0 spiro atoms.